The Bertz CT molecular complexity index is 445. The summed E-state index contributed by atoms with van der Waals surface area (Å²) in [6.07, 6.45) is 6.01. The molecule has 0 radical (unpaired) electrons. The molecule has 2 aliphatic rings. The zero-order valence-electron chi connectivity index (χ0n) is 11.9. The van der Waals surface area contributed by atoms with E-state index in [1.807, 2.05) is 0 Å². The second-order valence-electron chi connectivity index (χ2n) is 6.62. The Morgan fingerprint density at radius 3 is 2.95 bits per heavy atom. The highest BCUT2D eigenvalue weighted by atomic mass is 16.3. The van der Waals surface area contributed by atoms with E-state index in [1.165, 1.54) is 30.4 Å². The summed E-state index contributed by atoms with van der Waals surface area (Å²) in [5.74, 6) is 1.39. The van der Waals surface area contributed by atoms with E-state index in [4.69, 9.17) is 0 Å². The third-order valence-electron chi connectivity index (χ3n) is 5.08. The van der Waals surface area contributed by atoms with Gasteiger partial charge in [-0.15, -0.1) is 0 Å². The Morgan fingerprint density at radius 2 is 2.21 bits per heavy atom. The summed E-state index contributed by atoms with van der Waals surface area (Å²) >= 11 is 0. The molecule has 0 aliphatic heterocycles. The zero-order chi connectivity index (χ0) is 13.3. The van der Waals surface area contributed by atoms with E-state index in [0.29, 0.717) is 5.92 Å². The van der Waals surface area contributed by atoms with Gasteiger partial charge in [0.1, 0.15) is 0 Å². The lowest BCUT2D eigenvalue weighted by atomic mass is 9.74. The molecule has 2 heteroatoms. The number of aliphatic hydroxyl groups is 1. The molecular formula is C17H25NO. The van der Waals surface area contributed by atoms with Crippen LogP contribution < -0.4 is 5.32 Å². The average Bonchev–Trinajstić information content (AvgIpc) is 2.40. The first-order valence-electron chi connectivity index (χ1n) is 7.66. The maximum absolute atomic E-state index is 9.80. The van der Waals surface area contributed by atoms with Gasteiger partial charge in [-0.05, 0) is 36.3 Å². The maximum atomic E-state index is 9.80. The summed E-state index contributed by atoms with van der Waals surface area (Å²) in [4.78, 5) is 0. The van der Waals surface area contributed by atoms with Crippen molar-refractivity contribution in [2.24, 2.45) is 5.92 Å². The van der Waals surface area contributed by atoms with Gasteiger partial charge in [-0.1, -0.05) is 44.0 Å². The summed E-state index contributed by atoms with van der Waals surface area (Å²) in [7, 11) is 0. The maximum Gasteiger partial charge on any atom is 0.0613 e. The molecule has 0 saturated heterocycles. The number of hydrogen-bond donors (Lipinski definition) is 2. The molecule has 0 aromatic heterocycles. The van der Waals surface area contributed by atoms with Gasteiger partial charge in [-0.3, -0.25) is 0 Å². The second-order valence-corrected chi connectivity index (χ2v) is 6.62. The molecule has 1 fully saturated rings. The van der Waals surface area contributed by atoms with E-state index < -0.39 is 0 Å². The van der Waals surface area contributed by atoms with Gasteiger partial charge in [0.15, 0.2) is 0 Å². The fraction of sp³-hybridized carbons (Fsp3) is 0.647. The molecule has 3 atom stereocenters. The summed E-state index contributed by atoms with van der Waals surface area (Å²) in [6.45, 7) is 3.61. The predicted molar refractivity (Wildman–Crippen MR) is 78.3 cm³/mol. The SMILES string of the molecule is CC1CCCC(CO)(NCC2Cc3ccccc32)C1. The van der Waals surface area contributed by atoms with Crippen molar-refractivity contribution < 1.29 is 5.11 Å². The van der Waals surface area contributed by atoms with E-state index in [1.54, 1.807) is 0 Å². The van der Waals surface area contributed by atoms with Crippen LogP contribution >= 0.6 is 0 Å². The molecule has 2 N–H and O–H groups in total. The number of aliphatic hydroxyl groups excluding tert-OH is 1. The summed E-state index contributed by atoms with van der Waals surface area (Å²) in [6, 6.07) is 8.74. The third kappa shape index (κ3) is 2.56. The van der Waals surface area contributed by atoms with Crippen LogP contribution in [0.1, 0.15) is 49.7 Å². The fourth-order valence-electron chi connectivity index (χ4n) is 3.90. The van der Waals surface area contributed by atoms with E-state index in [0.717, 1.165) is 25.3 Å². The Balaban J connectivity index is 1.60. The highest BCUT2D eigenvalue weighted by molar-refractivity contribution is 5.40. The van der Waals surface area contributed by atoms with Crippen LogP contribution in [0.4, 0.5) is 0 Å². The van der Waals surface area contributed by atoms with E-state index in [2.05, 4.69) is 36.5 Å². The van der Waals surface area contributed by atoms with Crippen LogP contribution in [0, 0.1) is 5.92 Å². The van der Waals surface area contributed by atoms with Crippen LogP contribution in [0.15, 0.2) is 24.3 Å². The topological polar surface area (TPSA) is 32.3 Å². The minimum Gasteiger partial charge on any atom is -0.394 e. The predicted octanol–water partition coefficient (Wildman–Crippen LogP) is 2.86. The Morgan fingerprint density at radius 1 is 1.37 bits per heavy atom. The summed E-state index contributed by atoms with van der Waals surface area (Å²) in [5, 5.41) is 13.5. The normalized spacial score (nSPS) is 33.6. The standard InChI is InChI=1S/C17H25NO/c1-13-5-4-8-17(10-13,12-19)18-11-15-9-14-6-2-3-7-16(14)15/h2-3,6-7,13,15,18-19H,4-5,8-12H2,1H3. The smallest absolute Gasteiger partial charge is 0.0613 e. The number of fused-ring (bicyclic) bond motifs is 1. The molecule has 3 rings (SSSR count). The van der Waals surface area contributed by atoms with Crippen molar-refractivity contribution in [2.75, 3.05) is 13.2 Å². The number of rotatable bonds is 4. The van der Waals surface area contributed by atoms with E-state index in [-0.39, 0.29) is 12.1 Å². The van der Waals surface area contributed by atoms with E-state index >= 15 is 0 Å². The van der Waals surface area contributed by atoms with Crippen LogP contribution in [0.2, 0.25) is 0 Å². The van der Waals surface area contributed by atoms with Gasteiger partial charge in [-0.25, -0.2) is 0 Å². The number of nitrogens with one attached hydrogen (secondary N) is 1. The Labute approximate surface area is 116 Å². The van der Waals surface area contributed by atoms with Gasteiger partial charge in [-0.2, -0.15) is 0 Å². The minimum absolute atomic E-state index is 0.0117. The van der Waals surface area contributed by atoms with Crippen LogP contribution in [-0.2, 0) is 6.42 Å². The van der Waals surface area contributed by atoms with Gasteiger partial charge in [0, 0.05) is 18.0 Å². The zero-order valence-corrected chi connectivity index (χ0v) is 11.9. The summed E-state index contributed by atoms with van der Waals surface area (Å²) in [5.41, 5.74) is 3.00. The molecule has 1 aromatic carbocycles. The van der Waals surface area contributed by atoms with Gasteiger partial charge in [0.05, 0.1) is 6.61 Å². The number of benzene rings is 1. The minimum atomic E-state index is -0.0117. The molecule has 2 nitrogen and oxygen atoms in total. The van der Waals surface area contributed by atoms with Gasteiger partial charge < -0.3 is 10.4 Å². The highest BCUT2D eigenvalue weighted by Crippen LogP contribution is 2.36. The molecule has 19 heavy (non-hydrogen) atoms. The first kappa shape index (κ1) is 13.1. The van der Waals surface area contributed by atoms with Crippen molar-refractivity contribution in [3.63, 3.8) is 0 Å². The fourth-order valence-corrected chi connectivity index (χ4v) is 3.90. The molecule has 0 heterocycles. The third-order valence-corrected chi connectivity index (χ3v) is 5.08. The monoisotopic (exact) mass is 259 g/mol. The molecule has 0 bridgehead atoms. The highest BCUT2D eigenvalue weighted by Gasteiger charge is 2.35. The van der Waals surface area contributed by atoms with Crippen molar-refractivity contribution >= 4 is 0 Å². The summed E-state index contributed by atoms with van der Waals surface area (Å²) < 4.78 is 0. The lowest BCUT2D eigenvalue weighted by molar-refractivity contribution is 0.0976. The van der Waals surface area contributed by atoms with E-state index in [9.17, 15) is 5.11 Å². The molecule has 0 spiro atoms. The lowest BCUT2D eigenvalue weighted by Crippen LogP contribution is -2.53. The van der Waals surface area contributed by atoms with Crippen molar-refractivity contribution in [1.82, 2.24) is 5.32 Å². The first-order chi connectivity index (χ1) is 9.22. The van der Waals surface area contributed by atoms with Gasteiger partial charge in [0.2, 0.25) is 0 Å². The Hall–Kier alpha value is -0.860. The molecule has 2 aliphatic carbocycles. The Kier molecular flexibility index (Phi) is 3.64. The lowest BCUT2D eigenvalue weighted by Gasteiger charge is -2.42. The first-order valence-corrected chi connectivity index (χ1v) is 7.66. The van der Waals surface area contributed by atoms with Crippen LogP contribution in [0.3, 0.4) is 0 Å². The average molecular weight is 259 g/mol. The van der Waals surface area contributed by atoms with Crippen LogP contribution in [0.25, 0.3) is 0 Å². The molecule has 1 saturated carbocycles. The van der Waals surface area contributed by atoms with Crippen LogP contribution in [0.5, 0.6) is 0 Å². The second kappa shape index (κ2) is 5.26. The molecule has 3 unspecified atom stereocenters. The quantitative estimate of drug-likeness (QED) is 0.871. The molecule has 104 valence electrons. The molecule has 1 aromatic rings. The number of hydrogen-bond acceptors (Lipinski definition) is 2. The van der Waals surface area contributed by atoms with Crippen molar-refractivity contribution in [3.05, 3.63) is 35.4 Å². The molecule has 0 amide bonds. The van der Waals surface area contributed by atoms with Crippen LogP contribution in [-0.4, -0.2) is 23.8 Å². The van der Waals surface area contributed by atoms with Crippen molar-refractivity contribution in [3.8, 4) is 0 Å². The van der Waals surface area contributed by atoms with Gasteiger partial charge in [0.25, 0.3) is 0 Å². The van der Waals surface area contributed by atoms with Gasteiger partial charge >= 0.3 is 0 Å². The van der Waals surface area contributed by atoms with Crippen molar-refractivity contribution in [2.45, 2.75) is 50.5 Å². The molecular weight excluding hydrogens is 234 g/mol. The largest absolute Gasteiger partial charge is 0.394 e. The van der Waals surface area contributed by atoms with Crippen molar-refractivity contribution in [1.29, 1.82) is 0 Å².